The van der Waals surface area contributed by atoms with Crippen molar-refractivity contribution in [3.05, 3.63) is 132 Å². The summed E-state index contributed by atoms with van der Waals surface area (Å²) in [5.74, 6) is 3.59. The van der Waals surface area contributed by atoms with Crippen LogP contribution in [0.3, 0.4) is 0 Å². The largest absolute Gasteiger partial charge is 0.356 e. The lowest BCUT2D eigenvalue weighted by Crippen LogP contribution is -2.40. The van der Waals surface area contributed by atoms with E-state index in [0.717, 1.165) is 29.4 Å². The van der Waals surface area contributed by atoms with Crippen molar-refractivity contribution >= 4 is 11.4 Å². The molecule has 0 radical (unpaired) electrons. The molecule has 0 aromatic heterocycles. The molecule has 10 rings (SSSR count). The molecule has 194 valence electrons. The Hall–Kier alpha value is -4.10. The molecule has 0 amide bonds. The summed E-state index contributed by atoms with van der Waals surface area (Å²) in [7, 11) is 0. The van der Waals surface area contributed by atoms with E-state index in [2.05, 4.69) is 127 Å². The first-order valence-corrected chi connectivity index (χ1v) is 15.0. The van der Waals surface area contributed by atoms with Crippen molar-refractivity contribution in [3.8, 4) is 33.4 Å². The van der Waals surface area contributed by atoms with Gasteiger partial charge in [0, 0.05) is 16.8 Å². The van der Waals surface area contributed by atoms with Crippen molar-refractivity contribution in [1.29, 1.82) is 0 Å². The molecule has 1 nitrogen and oxygen atoms in total. The van der Waals surface area contributed by atoms with E-state index in [1.54, 1.807) is 11.1 Å². The first-order valence-electron chi connectivity index (χ1n) is 15.0. The van der Waals surface area contributed by atoms with Crippen molar-refractivity contribution in [3.63, 3.8) is 0 Å². The standard InChI is InChI=1S/C39H33N/c1-2-7-26(8-3-1)28-9-6-10-29(22-28)27-13-15-32(16-14-27)40-33-17-18-37-35(24-33)34-11-4-5-12-36(34)39(37)31-20-25-19-30(23-31)38(39)21-25/h1-18,22,24-25,30-31,38,40H,19-21,23H2. The van der Waals surface area contributed by atoms with Crippen LogP contribution >= 0.6 is 0 Å². The Bertz CT molecular complexity index is 1750. The van der Waals surface area contributed by atoms with E-state index in [9.17, 15) is 0 Å². The first kappa shape index (κ1) is 22.7. The van der Waals surface area contributed by atoms with Crippen molar-refractivity contribution in [2.24, 2.45) is 23.7 Å². The number of hydrogen-bond acceptors (Lipinski definition) is 1. The third kappa shape index (κ3) is 3.15. The summed E-state index contributed by atoms with van der Waals surface area (Å²) >= 11 is 0. The zero-order chi connectivity index (χ0) is 26.3. The second-order valence-electron chi connectivity index (χ2n) is 12.7. The highest BCUT2D eigenvalue weighted by molar-refractivity contribution is 5.85. The summed E-state index contributed by atoms with van der Waals surface area (Å²) in [6.45, 7) is 0. The van der Waals surface area contributed by atoms with E-state index in [1.165, 1.54) is 64.8 Å². The smallest absolute Gasteiger partial charge is 0.0390 e. The Balaban J connectivity index is 1.03. The van der Waals surface area contributed by atoms with Crippen LogP contribution in [0.2, 0.25) is 0 Å². The molecule has 0 saturated heterocycles. The minimum atomic E-state index is 0.262. The van der Waals surface area contributed by atoms with Gasteiger partial charge in [-0.15, -0.1) is 0 Å². The maximum Gasteiger partial charge on any atom is 0.0390 e. The molecule has 1 N–H and O–H groups in total. The quantitative estimate of drug-likeness (QED) is 0.251. The molecule has 5 aliphatic rings. The van der Waals surface area contributed by atoms with Gasteiger partial charge in [0.25, 0.3) is 0 Å². The van der Waals surface area contributed by atoms with E-state index < -0.39 is 0 Å². The van der Waals surface area contributed by atoms with Gasteiger partial charge in [0.15, 0.2) is 0 Å². The highest BCUT2D eigenvalue weighted by Crippen LogP contribution is 2.72. The van der Waals surface area contributed by atoms with E-state index in [-0.39, 0.29) is 5.41 Å². The summed E-state index contributed by atoms with van der Waals surface area (Å²) in [4.78, 5) is 0. The minimum absolute atomic E-state index is 0.262. The van der Waals surface area contributed by atoms with Gasteiger partial charge in [-0.3, -0.25) is 0 Å². The zero-order valence-electron chi connectivity index (χ0n) is 22.7. The van der Waals surface area contributed by atoms with Crippen molar-refractivity contribution < 1.29 is 0 Å². The number of fused-ring (bicyclic) bond motifs is 3. The normalized spacial score (nSPS) is 26.7. The Morgan fingerprint density at radius 3 is 2.02 bits per heavy atom. The van der Waals surface area contributed by atoms with Gasteiger partial charge < -0.3 is 5.32 Å². The summed E-state index contributed by atoms with van der Waals surface area (Å²) in [5, 5.41) is 3.73. The Morgan fingerprint density at radius 1 is 0.500 bits per heavy atom. The molecule has 0 heterocycles. The van der Waals surface area contributed by atoms with Gasteiger partial charge in [0.1, 0.15) is 0 Å². The molecule has 1 heteroatoms. The SMILES string of the molecule is c1ccc(-c2cccc(-c3ccc(Nc4ccc5c(c4)-c4ccccc4C54C5CC6CC(C5)C4C6)cc3)c2)cc1. The molecule has 4 bridgehead atoms. The maximum absolute atomic E-state index is 3.73. The van der Waals surface area contributed by atoms with Crippen LogP contribution in [0, 0.1) is 23.7 Å². The number of nitrogens with one attached hydrogen (secondary N) is 1. The number of rotatable bonds is 4. The van der Waals surface area contributed by atoms with Crippen LogP contribution in [0.4, 0.5) is 11.4 Å². The van der Waals surface area contributed by atoms with Crippen molar-refractivity contribution in [2.45, 2.75) is 31.1 Å². The molecular formula is C39H33N. The van der Waals surface area contributed by atoms with Gasteiger partial charge >= 0.3 is 0 Å². The Morgan fingerprint density at radius 2 is 1.20 bits per heavy atom. The first-order chi connectivity index (χ1) is 19.8. The molecule has 5 aliphatic carbocycles. The van der Waals surface area contributed by atoms with Crippen LogP contribution < -0.4 is 5.32 Å². The van der Waals surface area contributed by atoms with E-state index in [0.29, 0.717) is 0 Å². The molecule has 1 spiro atoms. The molecule has 5 unspecified atom stereocenters. The minimum Gasteiger partial charge on any atom is -0.356 e. The maximum atomic E-state index is 3.73. The summed E-state index contributed by atoms with van der Waals surface area (Å²) in [6.07, 6.45) is 5.79. The highest BCUT2D eigenvalue weighted by Gasteiger charge is 2.65. The second-order valence-corrected chi connectivity index (χ2v) is 12.7. The molecule has 5 aromatic carbocycles. The van der Waals surface area contributed by atoms with Crippen LogP contribution in [0.5, 0.6) is 0 Å². The topological polar surface area (TPSA) is 12.0 Å². The fraction of sp³-hybridized carbons (Fsp3) is 0.231. The molecule has 0 aliphatic heterocycles. The monoisotopic (exact) mass is 515 g/mol. The van der Waals surface area contributed by atoms with Crippen molar-refractivity contribution in [1.82, 2.24) is 0 Å². The Kier molecular flexibility index (Phi) is 4.79. The third-order valence-electron chi connectivity index (χ3n) is 10.8. The predicted molar refractivity (Wildman–Crippen MR) is 166 cm³/mol. The fourth-order valence-corrected chi connectivity index (χ4v) is 9.48. The van der Waals surface area contributed by atoms with E-state index in [4.69, 9.17) is 0 Å². The summed E-state index contributed by atoms with van der Waals surface area (Å²) in [5.41, 5.74) is 13.7. The predicted octanol–water partition coefficient (Wildman–Crippen LogP) is 10.1. The van der Waals surface area contributed by atoms with Crippen LogP contribution in [0.25, 0.3) is 33.4 Å². The average Bonchev–Trinajstić information content (AvgIpc) is 3.55. The molecule has 4 saturated carbocycles. The lowest BCUT2D eigenvalue weighted by Gasteiger charge is -2.43. The van der Waals surface area contributed by atoms with Gasteiger partial charge in [-0.1, -0.05) is 91.0 Å². The molecule has 5 aromatic rings. The molecule has 5 atom stereocenters. The zero-order valence-corrected chi connectivity index (χ0v) is 22.7. The summed E-state index contributed by atoms with van der Waals surface area (Å²) in [6, 6.07) is 44.9. The average molecular weight is 516 g/mol. The van der Waals surface area contributed by atoms with E-state index in [1.807, 2.05) is 0 Å². The highest BCUT2D eigenvalue weighted by atomic mass is 14.9. The molecule has 40 heavy (non-hydrogen) atoms. The van der Waals surface area contributed by atoms with E-state index >= 15 is 0 Å². The van der Waals surface area contributed by atoms with Gasteiger partial charge in [-0.25, -0.2) is 0 Å². The molecular weight excluding hydrogens is 482 g/mol. The van der Waals surface area contributed by atoms with Gasteiger partial charge in [-0.2, -0.15) is 0 Å². The van der Waals surface area contributed by atoms with Gasteiger partial charge in [-0.05, 0) is 124 Å². The molecule has 4 fully saturated rings. The van der Waals surface area contributed by atoms with Crippen LogP contribution in [0.15, 0.2) is 121 Å². The van der Waals surface area contributed by atoms with Crippen LogP contribution in [-0.4, -0.2) is 0 Å². The number of benzene rings is 5. The lowest BCUT2D eigenvalue weighted by atomic mass is 9.59. The second kappa shape index (κ2) is 8.45. The fourth-order valence-electron chi connectivity index (χ4n) is 9.48. The number of hydrogen-bond donors (Lipinski definition) is 1. The summed E-state index contributed by atoms with van der Waals surface area (Å²) < 4.78 is 0. The van der Waals surface area contributed by atoms with Crippen LogP contribution in [0.1, 0.15) is 36.8 Å². The van der Waals surface area contributed by atoms with Gasteiger partial charge in [0.05, 0.1) is 0 Å². The lowest BCUT2D eigenvalue weighted by molar-refractivity contribution is 0.191. The van der Waals surface area contributed by atoms with Crippen molar-refractivity contribution in [2.75, 3.05) is 5.32 Å². The third-order valence-corrected chi connectivity index (χ3v) is 10.8. The van der Waals surface area contributed by atoms with Gasteiger partial charge in [0.2, 0.25) is 0 Å². The van der Waals surface area contributed by atoms with Crippen LogP contribution in [-0.2, 0) is 5.41 Å². The number of anilines is 2. The Labute approximate surface area is 236 Å².